The van der Waals surface area contributed by atoms with E-state index in [1.54, 1.807) is 6.20 Å². The fourth-order valence-corrected chi connectivity index (χ4v) is 1.66. The lowest BCUT2D eigenvalue weighted by molar-refractivity contribution is 0.303. The van der Waals surface area contributed by atoms with Crippen LogP contribution in [0.3, 0.4) is 0 Å². The van der Waals surface area contributed by atoms with Crippen molar-refractivity contribution in [2.45, 2.75) is 19.4 Å². The second-order valence-corrected chi connectivity index (χ2v) is 4.12. The zero-order valence-corrected chi connectivity index (χ0v) is 11.7. The second kappa shape index (κ2) is 7.24. The highest BCUT2D eigenvalue weighted by Gasteiger charge is 2.02. The summed E-state index contributed by atoms with van der Waals surface area (Å²) >= 11 is 5.75. The van der Waals surface area contributed by atoms with Crippen LogP contribution in [0.5, 0.6) is 5.75 Å². The molecule has 0 N–H and O–H groups in total. The van der Waals surface area contributed by atoms with Crippen LogP contribution in [-0.4, -0.2) is 4.98 Å². The predicted molar refractivity (Wildman–Crippen MR) is 76.6 cm³/mol. The van der Waals surface area contributed by atoms with Crippen molar-refractivity contribution < 1.29 is 4.74 Å². The predicted octanol–water partition coefficient (Wildman–Crippen LogP) is 4.13. The molecule has 0 unspecified atom stereocenters. The summed E-state index contributed by atoms with van der Waals surface area (Å²) in [5, 5.41) is 0. The lowest BCUT2D eigenvalue weighted by Gasteiger charge is -2.09. The molecule has 0 bridgehead atoms. The highest BCUT2D eigenvalue weighted by Crippen LogP contribution is 2.19. The first-order valence-corrected chi connectivity index (χ1v) is 6.01. The van der Waals surface area contributed by atoms with E-state index in [0.29, 0.717) is 12.5 Å². The summed E-state index contributed by atoms with van der Waals surface area (Å²) in [6, 6.07) is 12.0. The Hall–Kier alpha value is -1.25. The Morgan fingerprint density at radius 3 is 2.61 bits per heavy atom. The van der Waals surface area contributed by atoms with Gasteiger partial charge in [-0.3, -0.25) is 4.98 Å². The number of rotatable bonds is 4. The summed E-state index contributed by atoms with van der Waals surface area (Å²) < 4.78 is 5.77. The molecule has 0 aliphatic carbocycles. The van der Waals surface area contributed by atoms with Crippen LogP contribution in [0.15, 0.2) is 42.6 Å². The van der Waals surface area contributed by atoms with E-state index in [1.807, 2.05) is 43.3 Å². The number of ether oxygens (including phenoxy) is 1. The van der Waals surface area contributed by atoms with Crippen LogP contribution < -0.4 is 4.74 Å². The summed E-state index contributed by atoms with van der Waals surface area (Å²) in [7, 11) is 0. The number of aromatic nitrogens is 1. The Kier molecular flexibility index (Phi) is 5.96. The highest BCUT2D eigenvalue weighted by atomic mass is 35.5. The first-order chi connectivity index (χ1) is 8.29. The molecule has 0 aliphatic heterocycles. The zero-order valence-electron chi connectivity index (χ0n) is 10.1. The zero-order chi connectivity index (χ0) is 12.1. The molecule has 4 heteroatoms. The minimum atomic E-state index is 0. The van der Waals surface area contributed by atoms with E-state index in [1.165, 1.54) is 0 Å². The number of nitrogens with zero attached hydrogens (tertiary/aromatic N) is 1. The van der Waals surface area contributed by atoms with Gasteiger partial charge in [-0.15, -0.1) is 24.0 Å². The Bertz CT molecular complexity index is 488. The average Bonchev–Trinajstić information content (AvgIpc) is 2.39. The van der Waals surface area contributed by atoms with Gasteiger partial charge in [0.2, 0.25) is 0 Å². The van der Waals surface area contributed by atoms with Gasteiger partial charge in [0.1, 0.15) is 12.4 Å². The molecule has 0 spiro atoms. The molecule has 0 fully saturated rings. The third-order valence-corrected chi connectivity index (χ3v) is 2.76. The molecule has 2 rings (SSSR count). The molecule has 18 heavy (non-hydrogen) atoms. The van der Waals surface area contributed by atoms with E-state index in [-0.39, 0.29) is 12.4 Å². The van der Waals surface area contributed by atoms with Gasteiger partial charge in [-0.1, -0.05) is 30.3 Å². The Morgan fingerprint density at radius 1 is 1.22 bits per heavy atom. The maximum Gasteiger partial charge on any atom is 0.126 e. The normalized spacial score (nSPS) is 9.67. The van der Waals surface area contributed by atoms with Gasteiger partial charge in [0.15, 0.2) is 0 Å². The van der Waals surface area contributed by atoms with Crippen LogP contribution in [0, 0.1) is 6.92 Å². The first kappa shape index (κ1) is 14.8. The number of pyridine rings is 1. The largest absolute Gasteiger partial charge is 0.489 e. The first-order valence-electron chi connectivity index (χ1n) is 5.48. The molecule has 2 aromatic rings. The van der Waals surface area contributed by atoms with Crippen molar-refractivity contribution in [1.82, 2.24) is 4.98 Å². The van der Waals surface area contributed by atoms with E-state index >= 15 is 0 Å². The molecule has 0 radical (unpaired) electrons. The minimum absolute atomic E-state index is 0. The van der Waals surface area contributed by atoms with Crippen molar-refractivity contribution in [2.24, 2.45) is 0 Å². The topological polar surface area (TPSA) is 22.1 Å². The van der Waals surface area contributed by atoms with E-state index in [9.17, 15) is 0 Å². The van der Waals surface area contributed by atoms with Crippen molar-refractivity contribution in [1.29, 1.82) is 0 Å². The molecular weight excluding hydrogens is 269 g/mol. The van der Waals surface area contributed by atoms with E-state index in [0.717, 1.165) is 22.6 Å². The van der Waals surface area contributed by atoms with Gasteiger partial charge in [0.05, 0.1) is 11.6 Å². The summed E-state index contributed by atoms with van der Waals surface area (Å²) in [5.41, 5.74) is 3.01. The molecule has 0 saturated heterocycles. The number of hydrogen-bond acceptors (Lipinski definition) is 2. The van der Waals surface area contributed by atoms with Crippen molar-refractivity contribution in [3.8, 4) is 5.75 Å². The molecule has 2 nitrogen and oxygen atoms in total. The number of alkyl halides is 1. The molecular formula is C14H15Cl2NO. The maximum atomic E-state index is 5.77. The monoisotopic (exact) mass is 283 g/mol. The molecule has 0 atom stereocenters. The molecule has 0 amide bonds. The van der Waals surface area contributed by atoms with E-state index in [2.05, 4.69) is 4.98 Å². The molecule has 0 saturated carbocycles. The summed E-state index contributed by atoms with van der Waals surface area (Å²) in [6.45, 7) is 2.54. The molecule has 96 valence electrons. The Morgan fingerprint density at radius 2 is 1.94 bits per heavy atom. The van der Waals surface area contributed by atoms with Crippen molar-refractivity contribution in [2.75, 3.05) is 0 Å². The van der Waals surface area contributed by atoms with E-state index < -0.39 is 0 Å². The number of aryl methyl sites for hydroxylation is 1. The molecule has 1 aromatic heterocycles. The summed E-state index contributed by atoms with van der Waals surface area (Å²) in [5.74, 6) is 1.25. The van der Waals surface area contributed by atoms with Crippen molar-refractivity contribution in [3.63, 3.8) is 0 Å². The molecule has 0 aliphatic rings. The summed E-state index contributed by atoms with van der Waals surface area (Å²) in [6.07, 6.45) is 1.79. The van der Waals surface area contributed by atoms with Gasteiger partial charge in [0, 0.05) is 17.8 Å². The van der Waals surface area contributed by atoms with Crippen LogP contribution >= 0.6 is 24.0 Å². The van der Waals surface area contributed by atoms with Crippen LogP contribution in [0.25, 0.3) is 0 Å². The lowest BCUT2D eigenvalue weighted by Crippen LogP contribution is -1.98. The summed E-state index contributed by atoms with van der Waals surface area (Å²) in [4.78, 5) is 4.20. The van der Waals surface area contributed by atoms with Gasteiger partial charge in [-0.2, -0.15) is 0 Å². The standard InChI is InChI=1S/C14H14ClNO.ClH/c1-11-9-16-13(8-15)7-14(11)17-10-12-5-3-2-4-6-12;/h2-7,9H,8,10H2,1H3;1H. The van der Waals surface area contributed by atoms with Gasteiger partial charge in [-0.05, 0) is 12.5 Å². The average molecular weight is 284 g/mol. The van der Waals surface area contributed by atoms with Gasteiger partial charge in [-0.25, -0.2) is 0 Å². The fraction of sp³-hybridized carbons (Fsp3) is 0.214. The van der Waals surface area contributed by atoms with Crippen LogP contribution in [0.2, 0.25) is 0 Å². The van der Waals surface area contributed by atoms with E-state index in [4.69, 9.17) is 16.3 Å². The van der Waals surface area contributed by atoms with Crippen LogP contribution in [-0.2, 0) is 12.5 Å². The minimum Gasteiger partial charge on any atom is -0.489 e. The SMILES string of the molecule is Cc1cnc(CCl)cc1OCc1ccccc1.Cl. The Balaban J connectivity index is 0.00000162. The number of benzene rings is 1. The third-order valence-electron chi connectivity index (χ3n) is 2.48. The number of hydrogen-bond donors (Lipinski definition) is 0. The van der Waals surface area contributed by atoms with Gasteiger partial charge < -0.3 is 4.74 Å². The molecule has 1 aromatic carbocycles. The fourth-order valence-electron chi connectivity index (χ4n) is 1.51. The maximum absolute atomic E-state index is 5.77. The second-order valence-electron chi connectivity index (χ2n) is 3.85. The highest BCUT2D eigenvalue weighted by molar-refractivity contribution is 6.16. The van der Waals surface area contributed by atoms with Crippen molar-refractivity contribution in [3.05, 3.63) is 59.4 Å². The smallest absolute Gasteiger partial charge is 0.126 e. The third kappa shape index (κ3) is 3.90. The number of halogens is 2. The van der Waals surface area contributed by atoms with Gasteiger partial charge in [0.25, 0.3) is 0 Å². The van der Waals surface area contributed by atoms with Crippen LogP contribution in [0.1, 0.15) is 16.8 Å². The van der Waals surface area contributed by atoms with Crippen molar-refractivity contribution >= 4 is 24.0 Å². The molecule has 1 heterocycles. The van der Waals surface area contributed by atoms with Gasteiger partial charge >= 0.3 is 0 Å². The quantitative estimate of drug-likeness (QED) is 0.787. The Labute approximate surface area is 118 Å². The van der Waals surface area contributed by atoms with Crippen LogP contribution in [0.4, 0.5) is 0 Å². The lowest BCUT2D eigenvalue weighted by atomic mass is 10.2.